The number of sulfonamides is 1. The molecule has 1 unspecified atom stereocenters. The highest BCUT2D eigenvalue weighted by Crippen LogP contribution is 2.45. The molecule has 2 aliphatic rings. The summed E-state index contributed by atoms with van der Waals surface area (Å²) in [5, 5.41) is 2.82. The minimum absolute atomic E-state index is 0.0890. The van der Waals surface area contributed by atoms with E-state index in [-0.39, 0.29) is 12.2 Å². The molecule has 0 amide bonds. The van der Waals surface area contributed by atoms with Gasteiger partial charge >= 0.3 is 0 Å². The van der Waals surface area contributed by atoms with E-state index in [0.717, 1.165) is 21.8 Å². The Hall–Kier alpha value is -1.54. The van der Waals surface area contributed by atoms with Gasteiger partial charge < -0.3 is 10.1 Å². The maximum absolute atomic E-state index is 13.2. The van der Waals surface area contributed by atoms with Crippen molar-refractivity contribution in [1.29, 1.82) is 0 Å². The largest absolute Gasteiger partial charge is 0.373 e. The average Bonchev–Trinajstić information content (AvgIpc) is 2.64. The van der Waals surface area contributed by atoms with Crippen LogP contribution in [0, 0.1) is 0 Å². The van der Waals surface area contributed by atoms with E-state index in [1.54, 1.807) is 23.0 Å². The third kappa shape index (κ3) is 3.61. The summed E-state index contributed by atoms with van der Waals surface area (Å²) in [5.41, 5.74) is 2.81. The summed E-state index contributed by atoms with van der Waals surface area (Å²) in [7, 11) is -3.45. The number of hydrogen-bond acceptors (Lipinski definition) is 5. The van der Waals surface area contributed by atoms with Crippen molar-refractivity contribution in [3.63, 3.8) is 0 Å². The van der Waals surface area contributed by atoms with Crippen molar-refractivity contribution in [3.8, 4) is 0 Å². The second kappa shape index (κ2) is 7.13. The monoisotopic (exact) mass is 404 g/mol. The zero-order chi connectivity index (χ0) is 19.2. The normalized spacial score (nSPS) is 23.8. The van der Waals surface area contributed by atoms with Gasteiger partial charge in [-0.05, 0) is 50.6 Å². The molecule has 0 spiro atoms. The van der Waals surface area contributed by atoms with Crippen LogP contribution in [0.2, 0.25) is 0 Å². The van der Waals surface area contributed by atoms with Crippen molar-refractivity contribution in [1.82, 2.24) is 4.31 Å². The number of nitrogens with zero attached hydrogens (tertiary/aromatic N) is 1. The minimum atomic E-state index is -3.45. The van der Waals surface area contributed by atoms with E-state index in [4.69, 9.17) is 4.74 Å². The van der Waals surface area contributed by atoms with Gasteiger partial charge in [0.25, 0.3) is 0 Å². The molecule has 2 heterocycles. The Morgan fingerprint density at radius 2 is 1.74 bits per heavy atom. The van der Waals surface area contributed by atoms with E-state index in [9.17, 15) is 8.42 Å². The number of benzene rings is 2. The molecule has 1 fully saturated rings. The highest BCUT2D eigenvalue weighted by Gasteiger charge is 2.35. The van der Waals surface area contributed by atoms with Crippen LogP contribution in [0.5, 0.6) is 0 Å². The Labute approximate surface area is 165 Å². The maximum atomic E-state index is 13.2. The van der Waals surface area contributed by atoms with Crippen LogP contribution in [0.1, 0.15) is 31.6 Å². The molecular formula is C20H24N2O3S2. The number of para-hydroxylation sites is 1. The summed E-state index contributed by atoms with van der Waals surface area (Å²) in [6.45, 7) is 6.42. The van der Waals surface area contributed by atoms with Crippen molar-refractivity contribution < 1.29 is 13.2 Å². The van der Waals surface area contributed by atoms with E-state index in [1.807, 2.05) is 50.2 Å². The van der Waals surface area contributed by atoms with Crippen LogP contribution in [0.4, 0.5) is 11.4 Å². The Morgan fingerprint density at radius 3 is 2.48 bits per heavy atom. The van der Waals surface area contributed by atoms with E-state index in [1.165, 1.54) is 4.90 Å². The predicted octanol–water partition coefficient (Wildman–Crippen LogP) is 4.39. The van der Waals surface area contributed by atoms with E-state index < -0.39 is 15.3 Å². The molecule has 0 aromatic heterocycles. The second-order valence-corrected chi connectivity index (χ2v) is 10.6. The molecule has 4 rings (SSSR count). The Balaban J connectivity index is 1.61. The molecule has 2 aromatic rings. The van der Waals surface area contributed by atoms with Crippen LogP contribution in [-0.2, 0) is 14.8 Å². The number of nitrogens with one attached hydrogen (secondary N) is 1. The highest BCUT2D eigenvalue weighted by molar-refractivity contribution is 7.99. The third-order valence-electron chi connectivity index (χ3n) is 5.04. The summed E-state index contributed by atoms with van der Waals surface area (Å²) in [4.78, 5) is 2.28. The number of rotatable bonds is 3. The molecule has 7 heteroatoms. The van der Waals surface area contributed by atoms with Crippen molar-refractivity contribution in [2.75, 3.05) is 18.4 Å². The molecule has 1 N–H and O–H groups in total. The molecule has 3 atom stereocenters. The zero-order valence-corrected chi connectivity index (χ0v) is 17.3. The highest BCUT2D eigenvalue weighted by atomic mass is 32.2. The van der Waals surface area contributed by atoms with Crippen molar-refractivity contribution in [2.45, 2.75) is 48.0 Å². The van der Waals surface area contributed by atoms with Gasteiger partial charge in [-0.15, -0.1) is 0 Å². The zero-order valence-electron chi connectivity index (χ0n) is 15.7. The number of morpholine rings is 1. The van der Waals surface area contributed by atoms with Crippen molar-refractivity contribution >= 4 is 33.2 Å². The lowest BCUT2D eigenvalue weighted by molar-refractivity contribution is -0.0442. The van der Waals surface area contributed by atoms with Gasteiger partial charge in [0.2, 0.25) is 10.0 Å². The van der Waals surface area contributed by atoms with Crippen molar-refractivity contribution in [2.24, 2.45) is 0 Å². The van der Waals surface area contributed by atoms with Gasteiger partial charge in [-0.25, -0.2) is 8.42 Å². The smallest absolute Gasteiger partial charge is 0.221 e. The molecule has 5 nitrogen and oxygen atoms in total. The Morgan fingerprint density at radius 1 is 1.07 bits per heavy atom. The SMILES string of the molecule is CC(c1ccc2c(c1)Nc1ccccc1S2)S(=O)(=O)N1C[C@@H](C)O[C@@H](C)C1. The third-order valence-corrected chi connectivity index (χ3v) is 8.38. The number of ether oxygens (including phenoxy) is 1. The molecule has 144 valence electrons. The lowest BCUT2D eigenvalue weighted by Crippen LogP contribution is -2.49. The maximum Gasteiger partial charge on any atom is 0.221 e. The first-order chi connectivity index (χ1) is 12.8. The topological polar surface area (TPSA) is 58.6 Å². The van der Waals surface area contributed by atoms with Gasteiger partial charge in [0.15, 0.2) is 0 Å². The lowest BCUT2D eigenvalue weighted by Gasteiger charge is -2.36. The fourth-order valence-electron chi connectivity index (χ4n) is 3.64. The first kappa shape index (κ1) is 18.8. The molecule has 27 heavy (non-hydrogen) atoms. The summed E-state index contributed by atoms with van der Waals surface area (Å²) < 4.78 is 33.6. The lowest BCUT2D eigenvalue weighted by atomic mass is 10.1. The van der Waals surface area contributed by atoms with Crippen LogP contribution >= 0.6 is 11.8 Å². The predicted molar refractivity (Wildman–Crippen MR) is 109 cm³/mol. The first-order valence-corrected chi connectivity index (χ1v) is 11.5. The van der Waals surface area contributed by atoms with Gasteiger partial charge in [0.1, 0.15) is 0 Å². The van der Waals surface area contributed by atoms with Crippen LogP contribution in [0.15, 0.2) is 52.3 Å². The van der Waals surface area contributed by atoms with Crippen molar-refractivity contribution in [3.05, 3.63) is 48.0 Å². The minimum Gasteiger partial charge on any atom is -0.373 e. The summed E-state index contributed by atoms with van der Waals surface area (Å²) in [5.74, 6) is 0. The quantitative estimate of drug-likeness (QED) is 0.701. The van der Waals surface area contributed by atoms with E-state index in [2.05, 4.69) is 11.4 Å². The summed E-state index contributed by atoms with van der Waals surface area (Å²) in [6.07, 6.45) is -0.178. The van der Waals surface area contributed by atoms with Gasteiger partial charge in [0, 0.05) is 22.9 Å². The Kier molecular flexibility index (Phi) is 4.96. The molecule has 2 aliphatic heterocycles. The standard InChI is InChI=1S/C20H24N2O3S2/c1-13-11-22(12-14(2)25-13)27(23,24)15(3)16-8-9-20-18(10-16)21-17-6-4-5-7-19(17)26-20/h4-10,13-15,21H,11-12H2,1-3H3/t13-,14+,15?. The van der Waals surface area contributed by atoms with Crippen LogP contribution in [-0.4, -0.2) is 38.0 Å². The van der Waals surface area contributed by atoms with E-state index in [0.29, 0.717) is 13.1 Å². The van der Waals surface area contributed by atoms with E-state index >= 15 is 0 Å². The number of fused-ring (bicyclic) bond motifs is 2. The van der Waals surface area contributed by atoms with Gasteiger partial charge in [-0.1, -0.05) is 30.0 Å². The molecule has 0 saturated carbocycles. The van der Waals surface area contributed by atoms with Gasteiger partial charge in [-0.3, -0.25) is 0 Å². The molecule has 2 aromatic carbocycles. The van der Waals surface area contributed by atoms with Crippen LogP contribution < -0.4 is 5.32 Å². The molecule has 0 aliphatic carbocycles. The Bertz CT molecular complexity index is 951. The average molecular weight is 405 g/mol. The number of anilines is 2. The molecule has 0 bridgehead atoms. The fourth-order valence-corrected chi connectivity index (χ4v) is 6.39. The van der Waals surface area contributed by atoms with Gasteiger partial charge in [-0.2, -0.15) is 4.31 Å². The number of hydrogen-bond donors (Lipinski definition) is 1. The van der Waals surface area contributed by atoms with Crippen LogP contribution in [0.25, 0.3) is 0 Å². The molecular weight excluding hydrogens is 380 g/mol. The molecule has 1 saturated heterocycles. The summed E-state index contributed by atoms with van der Waals surface area (Å²) in [6, 6.07) is 14.0. The second-order valence-electron chi connectivity index (χ2n) is 7.24. The first-order valence-electron chi connectivity index (χ1n) is 9.17. The van der Waals surface area contributed by atoms with Gasteiger partial charge in [0.05, 0.1) is 28.8 Å². The fraction of sp³-hybridized carbons (Fsp3) is 0.400. The molecule has 0 radical (unpaired) electrons. The summed E-state index contributed by atoms with van der Waals surface area (Å²) >= 11 is 1.70. The van der Waals surface area contributed by atoms with Crippen LogP contribution in [0.3, 0.4) is 0 Å².